The lowest BCUT2D eigenvalue weighted by atomic mass is 10.2. The number of carbonyl (C=O) groups excluding carboxylic acids is 2. The highest BCUT2D eigenvalue weighted by molar-refractivity contribution is 7.99. The van der Waals surface area contributed by atoms with Crippen LogP contribution < -0.4 is 10.1 Å². The number of hydrogen-bond acceptors (Lipinski definition) is 6. The van der Waals surface area contributed by atoms with Gasteiger partial charge in [0.2, 0.25) is 11.8 Å². The zero-order valence-electron chi connectivity index (χ0n) is 15.2. The molecule has 1 saturated heterocycles. The van der Waals surface area contributed by atoms with Crippen LogP contribution in [0.1, 0.15) is 12.8 Å². The Morgan fingerprint density at radius 3 is 2.65 bits per heavy atom. The lowest BCUT2D eigenvalue weighted by Crippen LogP contribution is -2.44. The molecule has 144 valence electrons. The average Bonchev–Trinajstić information content (AvgIpc) is 3.15. The molecule has 1 atom stereocenters. The number of benzene rings is 1. The van der Waals surface area contributed by atoms with Gasteiger partial charge in [0, 0.05) is 31.6 Å². The van der Waals surface area contributed by atoms with Gasteiger partial charge in [-0.15, -0.1) is 11.8 Å². The molecule has 0 saturated carbocycles. The van der Waals surface area contributed by atoms with Gasteiger partial charge in [-0.05, 0) is 30.7 Å². The molecule has 0 bridgehead atoms. The third-order valence-corrected chi connectivity index (χ3v) is 4.99. The van der Waals surface area contributed by atoms with Crippen molar-refractivity contribution in [2.75, 3.05) is 51.0 Å². The molecule has 1 fully saturated rings. The number of thioether (sulfide) groups is 1. The molecule has 1 aliphatic heterocycles. The third kappa shape index (κ3) is 6.19. The zero-order chi connectivity index (χ0) is 18.8. The van der Waals surface area contributed by atoms with Crippen molar-refractivity contribution < 1.29 is 23.8 Å². The molecular weight excluding hydrogens is 356 g/mol. The van der Waals surface area contributed by atoms with E-state index in [0.717, 1.165) is 5.75 Å². The van der Waals surface area contributed by atoms with Crippen LogP contribution in [0.2, 0.25) is 0 Å². The predicted octanol–water partition coefficient (Wildman–Crippen LogP) is 1.98. The Morgan fingerprint density at radius 2 is 1.96 bits per heavy atom. The van der Waals surface area contributed by atoms with Gasteiger partial charge in [0.15, 0.2) is 0 Å². The number of anilines is 1. The molecular formula is C18H26N2O5S. The molecule has 0 aliphatic carbocycles. The van der Waals surface area contributed by atoms with Gasteiger partial charge in [0.05, 0.1) is 26.2 Å². The van der Waals surface area contributed by atoms with Crippen LogP contribution in [0.15, 0.2) is 24.3 Å². The smallest absolute Gasteiger partial charge is 0.248 e. The molecule has 0 spiro atoms. The van der Waals surface area contributed by atoms with Crippen LogP contribution in [-0.2, 0) is 19.1 Å². The fraction of sp³-hybridized carbons (Fsp3) is 0.556. The Bertz CT molecular complexity index is 581. The van der Waals surface area contributed by atoms with Crippen molar-refractivity contribution in [3.63, 3.8) is 0 Å². The van der Waals surface area contributed by atoms with Crippen molar-refractivity contribution in [3.8, 4) is 5.75 Å². The average molecular weight is 382 g/mol. The summed E-state index contributed by atoms with van der Waals surface area (Å²) in [4.78, 5) is 26.6. The fourth-order valence-corrected chi connectivity index (χ4v) is 3.70. The van der Waals surface area contributed by atoms with Crippen LogP contribution >= 0.6 is 11.8 Å². The standard InChI is InChI=1S/C18H26N2O5S/c1-23-10-11-25-9-3-4-17(21)20-13-26-12-16(20)18(22)19-14-5-7-15(24-2)8-6-14/h5-8,16H,3-4,9-13H2,1-2H3,(H,19,22)/t16-/m0/s1. The van der Waals surface area contributed by atoms with E-state index in [4.69, 9.17) is 14.2 Å². The van der Waals surface area contributed by atoms with Crippen molar-refractivity contribution in [3.05, 3.63) is 24.3 Å². The van der Waals surface area contributed by atoms with E-state index in [1.165, 1.54) is 0 Å². The predicted molar refractivity (Wildman–Crippen MR) is 102 cm³/mol. The first-order chi connectivity index (χ1) is 12.7. The Morgan fingerprint density at radius 1 is 1.19 bits per heavy atom. The van der Waals surface area contributed by atoms with E-state index >= 15 is 0 Å². The summed E-state index contributed by atoms with van der Waals surface area (Å²) < 4.78 is 15.4. The van der Waals surface area contributed by atoms with Crippen molar-refractivity contribution in [1.29, 1.82) is 0 Å². The monoisotopic (exact) mass is 382 g/mol. The minimum atomic E-state index is -0.441. The van der Waals surface area contributed by atoms with Gasteiger partial charge in [0.25, 0.3) is 0 Å². The van der Waals surface area contributed by atoms with Gasteiger partial charge in [-0.3, -0.25) is 9.59 Å². The maximum Gasteiger partial charge on any atom is 0.248 e. The number of nitrogens with one attached hydrogen (secondary N) is 1. The molecule has 0 aromatic heterocycles. The molecule has 1 aliphatic rings. The Hall–Kier alpha value is -1.77. The minimum absolute atomic E-state index is 0.0137. The molecule has 2 rings (SSSR count). The van der Waals surface area contributed by atoms with Crippen molar-refractivity contribution >= 4 is 29.3 Å². The summed E-state index contributed by atoms with van der Waals surface area (Å²) in [6.07, 6.45) is 1.01. The molecule has 7 nitrogen and oxygen atoms in total. The summed E-state index contributed by atoms with van der Waals surface area (Å²) in [6, 6.07) is 6.69. The first-order valence-electron chi connectivity index (χ1n) is 8.54. The fourth-order valence-electron chi connectivity index (χ4n) is 2.52. The van der Waals surface area contributed by atoms with Crippen LogP contribution in [-0.4, -0.2) is 68.4 Å². The van der Waals surface area contributed by atoms with Crippen molar-refractivity contribution in [2.24, 2.45) is 0 Å². The first kappa shape index (κ1) is 20.5. The normalized spacial score (nSPS) is 16.5. The van der Waals surface area contributed by atoms with E-state index in [1.807, 2.05) is 0 Å². The number of amides is 2. The second-order valence-corrected chi connectivity index (χ2v) is 6.81. The van der Waals surface area contributed by atoms with Gasteiger partial charge < -0.3 is 24.4 Å². The molecule has 1 heterocycles. The number of hydrogen-bond donors (Lipinski definition) is 1. The lowest BCUT2D eigenvalue weighted by Gasteiger charge is -2.23. The molecule has 1 aromatic rings. The van der Waals surface area contributed by atoms with E-state index < -0.39 is 6.04 Å². The molecule has 1 N–H and O–H groups in total. The third-order valence-electron chi connectivity index (χ3n) is 3.97. The van der Waals surface area contributed by atoms with E-state index in [2.05, 4.69) is 5.32 Å². The van der Waals surface area contributed by atoms with Crippen molar-refractivity contribution in [1.82, 2.24) is 4.90 Å². The van der Waals surface area contributed by atoms with Crippen LogP contribution in [0, 0.1) is 0 Å². The largest absolute Gasteiger partial charge is 0.497 e. The molecule has 26 heavy (non-hydrogen) atoms. The first-order valence-corrected chi connectivity index (χ1v) is 9.70. The second-order valence-electron chi connectivity index (χ2n) is 5.81. The van der Waals surface area contributed by atoms with E-state index in [1.54, 1.807) is 55.1 Å². The topological polar surface area (TPSA) is 77.1 Å². The van der Waals surface area contributed by atoms with Gasteiger partial charge in [-0.1, -0.05) is 0 Å². The van der Waals surface area contributed by atoms with Gasteiger partial charge in [-0.25, -0.2) is 0 Å². The molecule has 8 heteroatoms. The summed E-state index contributed by atoms with van der Waals surface area (Å²) in [7, 11) is 3.21. The SMILES string of the molecule is COCCOCCCC(=O)N1CSC[C@H]1C(=O)Nc1ccc(OC)cc1. The number of methoxy groups -OCH3 is 2. The van der Waals surface area contributed by atoms with Crippen molar-refractivity contribution in [2.45, 2.75) is 18.9 Å². The van der Waals surface area contributed by atoms with Gasteiger partial charge in [0.1, 0.15) is 11.8 Å². The molecule has 1 aromatic carbocycles. The molecule has 0 radical (unpaired) electrons. The Balaban J connectivity index is 1.79. The second kappa shape index (κ2) is 11.1. The van der Waals surface area contributed by atoms with E-state index in [9.17, 15) is 9.59 Å². The highest BCUT2D eigenvalue weighted by Gasteiger charge is 2.34. The number of nitrogens with zero attached hydrogens (tertiary/aromatic N) is 1. The Labute approximate surface area is 158 Å². The maximum atomic E-state index is 12.5. The summed E-state index contributed by atoms with van der Waals surface area (Å²) >= 11 is 1.59. The summed E-state index contributed by atoms with van der Waals surface area (Å²) in [5.41, 5.74) is 0.687. The number of rotatable bonds is 10. The Kier molecular flexibility index (Phi) is 8.73. The zero-order valence-corrected chi connectivity index (χ0v) is 16.0. The number of carbonyl (C=O) groups is 2. The summed E-state index contributed by atoms with van der Waals surface area (Å²) in [6.45, 7) is 1.58. The molecule has 0 unspecified atom stereocenters. The van der Waals surface area contributed by atoms with Gasteiger partial charge >= 0.3 is 0 Å². The van der Waals surface area contributed by atoms with Crippen LogP contribution in [0.4, 0.5) is 5.69 Å². The highest BCUT2D eigenvalue weighted by atomic mass is 32.2. The quantitative estimate of drug-likeness (QED) is 0.624. The van der Waals surface area contributed by atoms with E-state index in [-0.39, 0.29) is 11.8 Å². The highest BCUT2D eigenvalue weighted by Crippen LogP contribution is 2.24. The van der Waals surface area contributed by atoms with E-state index in [0.29, 0.717) is 50.0 Å². The lowest BCUT2D eigenvalue weighted by molar-refractivity contribution is -0.136. The molecule has 2 amide bonds. The van der Waals surface area contributed by atoms with Crippen LogP contribution in [0.3, 0.4) is 0 Å². The summed E-state index contributed by atoms with van der Waals surface area (Å²) in [5.74, 6) is 1.70. The maximum absolute atomic E-state index is 12.5. The number of ether oxygens (including phenoxy) is 3. The van der Waals surface area contributed by atoms with Gasteiger partial charge in [-0.2, -0.15) is 0 Å². The van der Waals surface area contributed by atoms with Crippen LogP contribution in [0.25, 0.3) is 0 Å². The minimum Gasteiger partial charge on any atom is -0.497 e. The van der Waals surface area contributed by atoms with Crippen LogP contribution in [0.5, 0.6) is 5.75 Å². The summed E-state index contributed by atoms with van der Waals surface area (Å²) in [5, 5.41) is 2.87.